The Kier molecular flexibility index (Phi) is 4.50. The van der Waals surface area contributed by atoms with Gasteiger partial charge in [-0.1, -0.05) is 0 Å². The summed E-state index contributed by atoms with van der Waals surface area (Å²) >= 11 is 4.19. The molecule has 1 aliphatic rings. The Hall–Kier alpha value is -2.26. The first-order chi connectivity index (χ1) is 12.2. The fourth-order valence-electron chi connectivity index (χ4n) is 2.94. The molecule has 1 fully saturated rings. The summed E-state index contributed by atoms with van der Waals surface area (Å²) in [7, 11) is 1.89. The molecule has 0 radical (unpaired) electrons. The van der Waals surface area contributed by atoms with Crippen LogP contribution in [-0.4, -0.2) is 49.5 Å². The lowest BCUT2D eigenvalue weighted by molar-refractivity contribution is 0.0243. The van der Waals surface area contributed by atoms with Crippen LogP contribution in [0.5, 0.6) is 5.88 Å². The van der Waals surface area contributed by atoms with Gasteiger partial charge in [0, 0.05) is 32.3 Å². The summed E-state index contributed by atoms with van der Waals surface area (Å²) in [4.78, 5) is 9.12. The van der Waals surface area contributed by atoms with Gasteiger partial charge in [-0.15, -0.1) is 0 Å². The molecule has 1 aliphatic heterocycles. The van der Waals surface area contributed by atoms with Crippen molar-refractivity contribution in [1.82, 2.24) is 24.3 Å². The van der Waals surface area contributed by atoms with Crippen molar-refractivity contribution in [3.8, 4) is 11.6 Å². The van der Waals surface area contributed by atoms with Crippen LogP contribution in [0.3, 0.4) is 0 Å². The van der Waals surface area contributed by atoms with Gasteiger partial charge < -0.3 is 19.4 Å². The third kappa shape index (κ3) is 3.29. The monoisotopic (exact) mass is 360 g/mol. The highest BCUT2D eigenvalue weighted by atomic mass is 32.1. The smallest absolute Gasteiger partial charge is 0.244 e. The van der Waals surface area contributed by atoms with E-state index >= 15 is 0 Å². The Morgan fingerprint density at radius 2 is 2.20 bits per heavy atom. The molecule has 1 N–H and O–H groups in total. The standard InChI is InChI=1S/C16H20N6O2S/c1-21-9-11(8-18-21)22-5-2-13-14(22)15(20-16(19-13)17-10-25)24-12-3-6-23-7-4-12/h2,5,8-9,12,25H,3-4,6-7,10H2,1H3,(H,17,19,20). The molecule has 9 heteroatoms. The fourth-order valence-corrected chi connectivity index (χ4v) is 3.09. The highest BCUT2D eigenvalue weighted by Gasteiger charge is 2.21. The van der Waals surface area contributed by atoms with Crippen LogP contribution in [0.1, 0.15) is 12.8 Å². The minimum absolute atomic E-state index is 0.0907. The molecule has 8 nitrogen and oxygen atoms in total. The van der Waals surface area contributed by atoms with Crippen molar-refractivity contribution in [3.05, 3.63) is 24.7 Å². The van der Waals surface area contributed by atoms with E-state index in [2.05, 4.69) is 33.0 Å². The summed E-state index contributed by atoms with van der Waals surface area (Å²) < 4.78 is 15.4. The van der Waals surface area contributed by atoms with Crippen molar-refractivity contribution in [2.45, 2.75) is 18.9 Å². The largest absolute Gasteiger partial charge is 0.473 e. The number of aryl methyl sites for hydroxylation is 1. The molecule has 132 valence electrons. The second-order valence-corrected chi connectivity index (χ2v) is 6.22. The predicted molar refractivity (Wildman–Crippen MR) is 97.6 cm³/mol. The number of thiol groups is 1. The molecule has 4 rings (SSSR count). The maximum Gasteiger partial charge on any atom is 0.244 e. The first-order valence-electron chi connectivity index (χ1n) is 8.22. The first-order valence-corrected chi connectivity index (χ1v) is 8.85. The van der Waals surface area contributed by atoms with Gasteiger partial charge in [0.05, 0.1) is 36.5 Å². The van der Waals surface area contributed by atoms with Crippen LogP contribution in [0.4, 0.5) is 5.95 Å². The molecule has 0 aliphatic carbocycles. The van der Waals surface area contributed by atoms with Crippen molar-refractivity contribution in [2.75, 3.05) is 24.4 Å². The number of hydrogen-bond donors (Lipinski definition) is 2. The average molecular weight is 360 g/mol. The van der Waals surface area contributed by atoms with Crippen molar-refractivity contribution >= 4 is 29.6 Å². The third-order valence-corrected chi connectivity index (χ3v) is 4.31. The molecule has 0 aromatic carbocycles. The van der Waals surface area contributed by atoms with E-state index in [1.807, 2.05) is 30.1 Å². The second-order valence-electron chi connectivity index (χ2n) is 5.91. The number of rotatable bonds is 5. The molecule has 3 aromatic heterocycles. The van der Waals surface area contributed by atoms with E-state index in [4.69, 9.17) is 9.47 Å². The van der Waals surface area contributed by atoms with Crippen LogP contribution in [0.2, 0.25) is 0 Å². The molecular weight excluding hydrogens is 340 g/mol. The second kappa shape index (κ2) is 6.93. The maximum absolute atomic E-state index is 6.24. The molecule has 4 heterocycles. The molecule has 0 bridgehead atoms. The lowest BCUT2D eigenvalue weighted by Crippen LogP contribution is -2.26. The Morgan fingerprint density at radius 3 is 2.92 bits per heavy atom. The van der Waals surface area contributed by atoms with Gasteiger partial charge in [0.25, 0.3) is 0 Å². The molecule has 0 spiro atoms. The topological polar surface area (TPSA) is 79.0 Å². The molecule has 0 saturated carbocycles. The summed E-state index contributed by atoms with van der Waals surface area (Å²) in [6, 6.07) is 1.95. The summed E-state index contributed by atoms with van der Waals surface area (Å²) in [5.74, 6) is 1.52. The molecule has 3 aromatic rings. The van der Waals surface area contributed by atoms with E-state index in [0.29, 0.717) is 30.9 Å². The first kappa shape index (κ1) is 16.2. The van der Waals surface area contributed by atoms with Crippen LogP contribution < -0.4 is 10.1 Å². The lowest BCUT2D eigenvalue weighted by atomic mass is 10.1. The highest BCUT2D eigenvalue weighted by Crippen LogP contribution is 2.29. The zero-order valence-corrected chi connectivity index (χ0v) is 14.8. The van der Waals surface area contributed by atoms with Gasteiger partial charge in [0.2, 0.25) is 11.8 Å². The van der Waals surface area contributed by atoms with E-state index in [9.17, 15) is 0 Å². The Bertz CT molecular complexity index is 871. The quantitative estimate of drug-likeness (QED) is 0.535. The van der Waals surface area contributed by atoms with Crippen LogP contribution in [0.15, 0.2) is 24.7 Å². The number of anilines is 1. The Balaban J connectivity index is 1.79. The number of nitrogens with one attached hydrogen (secondary N) is 1. The summed E-state index contributed by atoms with van der Waals surface area (Å²) in [5, 5.41) is 7.29. The fraction of sp³-hybridized carbons (Fsp3) is 0.438. The summed E-state index contributed by atoms with van der Waals surface area (Å²) in [6.45, 7) is 1.43. The van der Waals surface area contributed by atoms with E-state index < -0.39 is 0 Å². The van der Waals surface area contributed by atoms with Crippen molar-refractivity contribution in [3.63, 3.8) is 0 Å². The van der Waals surface area contributed by atoms with Gasteiger partial charge >= 0.3 is 0 Å². The molecule has 0 amide bonds. The van der Waals surface area contributed by atoms with Crippen LogP contribution in [0.25, 0.3) is 16.7 Å². The van der Waals surface area contributed by atoms with Gasteiger partial charge in [-0.2, -0.15) is 22.7 Å². The average Bonchev–Trinajstić information content (AvgIpc) is 3.22. The van der Waals surface area contributed by atoms with Crippen LogP contribution in [-0.2, 0) is 11.8 Å². The van der Waals surface area contributed by atoms with Gasteiger partial charge in [-0.25, -0.2) is 4.98 Å². The van der Waals surface area contributed by atoms with E-state index in [1.54, 1.807) is 10.9 Å². The number of aromatic nitrogens is 5. The summed E-state index contributed by atoms with van der Waals surface area (Å²) in [6.07, 6.45) is 7.50. The van der Waals surface area contributed by atoms with Crippen molar-refractivity contribution in [2.24, 2.45) is 7.05 Å². The van der Waals surface area contributed by atoms with Crippen molar-refractivity contribution in [1.29, 1.82) is 0 Å². The number of fused-ring (bicyclic) bond motifs is 1. The van der Waals surface area contributed by atoms with Gasteiger partial charge in [0.1, 0.15) is 11.6 Å². The lowest BCUT2D eigenvalue weighted by Gasteiger charge is -2.23. The van der Waals surface area contributed by atoms with E-state index in [0.717, 1.165) is 29.6 Å². The summed E-state index contributed by atoms with van der Waals surface area (Å²) in [5.41, 5.74) is 2.59. The zero-order chi connectivity index (χ0) is 17.2. The molecular formula is C16H20N6O2S. The number of hydrogen-bond acceptors (Lipinski definition) is 7. The number of nitrogens with zero attached hydrogens (tertiary/aromatic N) is 5. The minimum Gasteiger partial charge on any atom is -0.473 e. The predicted octanol–water partition coefficient (Wildman–Crippen LogP) is 2.01. The molecule has 1 saturated heterocycles. The molecule has 0 unspecified atom stereocenters. The minimum atomic E-state index is 0.0907. The number of ether oxygens (including phenoxy) is 2. The maximum atomic E-state index is 6.24. The Labute approximate surface area is 150 Å². The SMILES string of the molecule is Cn1cc(-n2ccc3nc(NCS)nc(OC4CCOCC4)c32)cn1. The van der Waals surface area contributed by atoms with Gasteiger partial charge in [-0.3, -0.25) is 4.68 Å². The van der Waals surface area contributed by atoms with Gasteiger partial charge in [0.15, 0.2) is 0 Å². The molecule has 25 heavy (non-hydrogen) atoms. The van der Waals surface area contributed by atoms with Crippen LogP contribution >= 0.6 is 12.6 Å². The third-order valence-electron chi connectivity index (χ3n) is 4.15. The van der Waals surface area contributed by atoms with E-state index in [-0.39, 0.29) is 6.10 Å². The zero-order valence-electron chi connectivity index (χ0n) is 13.9. The van der Waals surface area contributed by atoms with Crippen LogP contribution in [0, 0.1) is 0 Å². The van der Waals surface area contributed by atoms with E-state index in [1.165, 1.54) is 0 Å². The van der Waals surface area contributed by atoms with Crippen molar-refractivity contribution < 1.29 is 9.47 Å². The highest BCUT2D eigenvalue weighted by molar-refractivity contribution is 7.80. The normalized spacial score (nSPS) is 15.6. The van der Waals surface area contributed by atoms with Gasteiger partial charge in [-0.05, 0) is 6.07 Å². The molecule has 0 atom stereocenters. The Morgan fingerprint density at radius 1 is 1.36 bits per heavy atom.